The highest BCUT2D eigenvalue weighted by Gasteiger charge is 2.35. The van der Waals surface area contributed by atoms with Crippen LogP contribution in [0.5, 0.6) is 0 Å². The maximum absolute atomic E-state index is 11.8. The van der Waals surface area contributed by atoms with Crippen molar-refractivity contribution >= 4 is 5.91 Å². The normalized spacial score (nSPS) is 24.5. The van der Waals surface area contributed by atoms with Crippen molar-refractivity contribution in [3.05, 3.63) is 34.9 Å². The van der Waals surface area contributed by atoms with E-state index in [-0.39, 0.29) is 11.3 Å². The summed E-state index contributed by atoms with van der Waals surface area (Å²) in [5.74, 6) is 0.123. The van der Waals surface area contributed by atoms with Crippen LogP contribution in [0.3, 0.4) is 0 Å². The molecule has 1 atom stereocenters. The first-order chi connectivity index (χ1) is 8.57. The summed E-state index contributed by atoms with van der Waals surface area (Å²) < 4.78 is 0. The van der Waals surface area contributed by atoms with E-state index in [0.717, 1.165) is 19.4 Å². The standard InChI is InChI=1S/C15H22N2O/c1-11-4-5-13(12(2)8-11)15(10-16)6-3-7-17-14(18)9-15/h4-5,8H,3,6-7,9-10,16H2,1-2H3,(H,17,18). The molecular weight excluding hydrogens is 224 g/mol. The van der Waals surface area contributed by atoms with E-state index in [9.17, 15) is 4.79 Å². The van der Waals surface area contributed by atoms with E-state index in [1.54, 1.807) is 0 Å². The van der Waals surface area contributed by atoms with Crippen LogP contribution in [0.25, 0.3) is 0 Å². The highest BCUT2D eigenvalue weighted by molar-refractivity contribution is 5.78. The Labute approximate surface area is 109 Å². The van der Waals surface area contributed by atoms with E-state index >= 15 is 0 Å². The van der Waals surface area contributed by atoms with Crippen molar-refractivity contribution in [3.63, 3.8) is 0 Å². The van der Waals surface area contributed by atoms with Crippen LogP contribution in [0, 0.1) is 13.8 Å². The fourth-order valence-corrected chi connectivity index (χ4v) is 3.04. The smallest absolute Gasteiger partial charge is 0.220 e. The van der Waals surface area contributed by atoms with Crippen molar-refractivity contribution in [3.8, 4) is 0 Å². The summed E-state index contributed by atoms with van der Waals surface area (Å²) in [6, 6.07) is 6.44. The van der Waals surface area contributed by atoms with Crippen LogP contribution in [0.4, 0.5) is 0 Å². The van der Waals surface area contributed by atoms with Crippen LogP contribution in [0.2, 0.25) is 0 Å². The Bertz CT molecular complexity index is 456. The van der Waals surface area contributed by atoms with Gasteiger partial charge in [0.05, 0.1) is 0 Å². The molecule has 0 aromatic heterocycles. The number of amides is 1. The van der Waals surface area contributed by atoms with Crippen molar-refractivity contribution in [1.82, 2.24) is 5.32 Å². The molecule has 1 aliphatic heterocycles. The van der Waals surface area contributed by atoms with Gasteiger partial charge >= 0.3 is 0 Å². The summed E-state index contributed by atoms with van der Waals surface area (Å²) in [6.07, 6.45) is 2.48. The molecule has 1 aromatic rings. The number of nitrogens with two attached hydrogens (primary N) is 1. The highest BCUT2D eigenvalue weighted by atomic mass is 16.1. The fraction of sp³-hybridized carbons (Fsp3) is 0.533. The topological polar surface area (TPSA) is 55.1 Å². The van der Waals surface area contributed by atoms with Gasteiger partial charge in [-0.25, -0.2) is 0 Å². The van der Waals surface area contributed by atoms with E-state index in [2.05, 4.69) is 37.4 Å². The molecule has 3 nitrogen and oxygen atoms in total. The Hall–Kier alpha value is -1.35. The number of hydrogen-bond acceptors (Lipinski definition) is 2. The number of rotatable bonds is 2. The lowest BCUT2D eigenvalue weighted by Gasteiger charge is -2.32. The summed E-state index contributed by atoms with van der Waals surface area (Å²) in [6.45, 7) is 5.50. The molecule has 1 aromatic carbocycles. The number of hydrogen-bond donors (Lipinski definition) is 2. The van der Waals surface area contributed by atoms with Crippen LogP contribution < -0.4 is 11.1 Å². The van der Waals surface area contributed by atoms with E-state index in [4.69, 9.17) is 5.73 Å². The summed E-state index contributed by atoms with van der Waals surface area (Å²) in [5.41, 5.74) is 9.59. The van der Waals surface area contributed by atoms with Gasteiger partial charge in [0.25, 0.3) is 0 Å². The minimum atomic E-state index is -0.182. The Balaban J connectivity index is 2.44. The molecule has 0 aliphatic carbocycles. The molecule has 1 heterocycles. The molecule has 1 aliphatic rings. The highest BCUT2D eigenvalue weighted by Crippen LogP contribution is 2.35. The third kappa shape index (κ3) is 2.41. The average Bonchev–Trinajstić information content (AvgIpc) is 2.51. The first-order valence-corrected chi connectivity index (χ1v) is 6.62. The fourth-order valence-electron chi connectivity index (χ4n) is 3.04. The number of aryl methyl sites for hydroxylation is 2. The van der Waals surface area contributed by atoms with Gasteiger partial charge in [0.1, 0.15) is 0 Å². The van der Waals surface area contributed by atoms with Crippen LogP contribution in [-0.2, 0) is 10.2 Å². The van der Waals surface area contributed by atoms with Crippen LogP contribution in [0.15, 0.2) is 18.2 Å². The third-order valence-electron chi connectivity index (χ3n) is 4.00. The van der Waals surface area contributed by atoms with Gasteiger partial charge in [-0.1, -0.05) is 23.8 Å². The molecule has 2 rings (SSSR count). The van der Waals surface area contributed by atoms with Crippen molar-refractivity contribution < 1.29 is 4.79 Å². The summed E-state index contributed by atoms with van der Waals surface area (Å²) >= 11 is 0. The summed E-state index contributed by atoms with van der Waals surface area (Å²) in [5, 5.41) is 2.94. The number of carbonyl (C=O) groups excluding carboxylic acids is 1. The predicted molar refractivity (Wildman–Crippen MR) is 73.5 cm³/mol. The minimum absolute atomic E-state index is 0.123. The molecule has 0 spiro atoms. The van der Waals surface area contributed by atoms with E-state index in [1.165, 1.54) is 16.7 Å². The molecule has 0 radical (unpaired) electrons. The largest absolute Gasteiger partial charge is 0.356 e. The Kier molecular flexibility index (Phi) is 3.71. The molecule has 1 unspecified atom stereocenters. The zero-order chi connectivity index (χ0) is 13.2. The first kappa shape index (κ1) is 13.1. The Morgan fingerprint density at radius 3 is 2.83 bits per heavy atom. The van der Waals surface area contributed by atoms with Crippen LogP contribution in [0.1, 0.15) is 36.0 Å². The SMILES string of the molecule is Cc1ccc(C2(CN)CCCNC(=O)C2)c(C)c1. The molecule has 1 fully saturated rings. The molecule has 3 N–H and O–H groups in total. The molecule has 98 valence electrons. The molecule has 0 saturated carbocycles. The third-order valence-corrected chi connectivity index (χ3v) is 4.00. The van der Waals surface area contributed by atoms with Gasteiger partial charge in [0, 0.05) is 24.9 Å². The van der Waals surface area contributed by atoms with Gasteiger partial charge in [-0.3, -0.25) is 4.79 Å². The van der Waals surface area contributed by atoms with Gasteiger partial charge in [0.15, 0.2) is 0 Å². The number of nitrogens with one attached hydrogen (secondary N) is 1. The quantitative estimate of drug-likeness (QED) is 0.836. The van der Waals surface area contributed by atoms with Gasteiger partial charge in [-0.05, 0) is 37.8 Å². The lowest BCUT2D eigenvalue weighted by Crippen LogP contribution is -2.38. The number of carbonyl (C=O) groups is 1. The van der Waals surface area contributed by atoms with Gasteiger partial charge in [0.2, 0.25) is 5.91 Å². The zero-order valence-corrected chi connectivity index (χ0v) is 11.3. The second-order valence-corrected chi connectivity index (χ2v) is 5.43. The number of benzene rings is 1. The van der Waals surface area contributed by atoms with Gasteiger partial charge in [-0.15, -0.1) is 0 Å². The first-order valence-electron chi connectivity index (χ1n) is 6.62. The molecular formula is C15H22N2O. The van der Waals surface area contributed by atoms with Crippen LogP contribution in [-0.4, -0.2) is 19.0 Å². The van der Waals surface area contributed by atoms with Gasteiger partial charge < -0.3 is 11.1 Å². The second-order valence-electron chi connectivity index (χ2n) is 5.43. The van der Waals surface area contributed by atoms with E-state index in [0.29, 0.717) is 13.0 Å². The van der Waals surface area contributed by atoms with Crippen molar-refractivity contribution in [2.75, 3.05) is 13.1 Å². The lowest BCUT2D eigenvalue weighted by atomic mass is 9.72. The average molecular weight is 246 g/mol. The maximum atomic E-state index is 11.8. The minimum Gasteiger partial charge on any atom is -0.356 e. The Morgan fingerprint density at radius 1 is 1.39 bits per heavy atom. The van der Waals surface area contributed by atoms with Gasteiger partial charge in [-0.2, -0.15) is 0 Å². The van der Waals surface area contributed by atoms with Crippen LogP contribution >= 0.6 is 0 Å². The van der Waals surface area contributed by atoms with Crippen molar-refractivity contribution in [2.24, 2.45) is 5.73 Å². The predicted octanol–water partition coefficient (Wildman–Crippen LogP) is 1.80. The Morgan fingerprint density at radius 2 is 2.17 bits per heavy atom. The monoisotopic (exact) mass is 246 g/mol. The van der Waals surface area contributed by atoms with E-state index in [1.807, 2.05) is 0 Å². The van der Waals surface area contributed by atoms with Crippen molar-refractivity contribution in [2.45, 2.75) is 38.5 Å². The lowest BCUT2D eigenvalue weighted by molar-refractivity contribution is -0.121. The molecule has 1 amide bonds. The molecule has 18 heavy (non-hydrogen) atoms. The molecule has 3 heteroatoms. The molecule has 0 bridgehead atoms. The maximum Gasteiger partial charge on any atom is 0.220 e. The molecule has 1 saturated heterocycles. The summed E-state index contributed by atoms with van der Waals surface area (Å²) in [4.78, 5) is 11.8. The second kappa shape index (κ2) is 5.11. The summed E-state index contributed by atoms with van der Waals surface area (Å²) in [7, 11) is 0. The van der Waals surface area contributed by atoms with E-state index < -0.39 is 0 Å². The van der Waals surface area contributed by atoms with Crippen molar-refractivity contribution in [1.29, 1.82) is 0 Å². The zero-order valence-electron chi connectivity index (χ0n) is 11.3.